The molecular formula is C17H15F2N3O2S2. The molecule has 0 saturated heterocycles. The third-order valence-electron chi connectivity index (χ3n) is 3.48. The quantitative estimate of drug-likeness (QED) is 0.547. The highest BCUT2D eigenvalue weighted by Crippen LogP contribution is 2.34. The van der Waals surface area contributed by atoms with Gasteiger partial charge in [0.1, 0.15) is 17.8 Å². The average Bonchev–Trinajstić information content (AvgIpc) is 3.19. The zero-order valence-electron chi connectivity index (χ0n) is 14.0. The van der Waals surface area contributed by atoms with E-state index in [0.717, 1.165) is 17.7 Å². The largest absolute Gasteiger partial charge is 0.497 e. The van der Waals surface area contributed by atoms with Crippen LogP contribution in [0.3, 0.4) is 0 Å². The van der Waals surface area contributed by atoms with Crippen LogP contribution in [0.4, 0.5) is 13.9 Å². The normalized spacial score (nSPS) is 10.6. The SMILES string of the molecule is COc1ccc(CN(Sc2ccc(F)c(F)c2)c2ncns2)c(OC)c1. The number of hydrogen-bond donors (Lipinski definition) is 0. The Hall–Kier alpha value is -2.39. The minimum Gasteiger partial charge on any atom is -0.497 e. The Balaban J connectivity index is 1.89. The third kappa shape index (κ3) is 4.23. The maximum absolute atomic E-state index is 13.5. The number of ether oxygens (including phenoxy) is 2. The number of aromatic nitrogens is 2. The molecule has 26 heavy (non-hydrogen) atoms. The summed E-state index contributed by atoms with van der Waals surface area (Å²) in [4.78, 5) is 4.77. The summed E-state index contributed by atoms with van der Waals surface area (Å²) in [5.41, 5.74) is 0.888. The number of benzene rings is 2. The zero-order chi connectivity index (χ0) is 18.5. The van der Waals surface area contributed by atoms with E-state index in [1.54, 1.807) is 20.3 Å². The van der Waals surface area contributed by atoms with E-state index in [2.05, 4.69) is 9.36 Å². The Morgan fingerprint density at radius 3 is 2.58 bits per heavy atom. The van der Waals surface area contributed by atoms with E-state index in [9.17, 15) is 8.78 Å². The van der Waals surface area contributed by atoms with Crippen molar-refractivity contribution in [2.75, 3.05) is 18.5 Å². The molecule has 2 aromatic carbocycles. The summed E-state index contributed by atoms with van der Waals surface area (Å²) in [6.07, 6.45) is 1.45. The van der Waals surface area contributed by atoms with Crippen LogP contribution in [0.2, 0.25) is 0 Å². The molecule has 0 aliphatic heterocycles. The number of halogens is 2. The summed E-state index contributed by atoms with van der Waals surface area (Å²) < 4.78 is 43.2. The van der Waals surface area contributed by atoms with Crippen LogP contribution < -0.4 is 13.8 Å². The van der Waals surface area contributed by atoms with Crippen molar-refractivity contribution in [1.29, 1.82) is 0 Å². The standard InChI is InChI=1S/C17H15F2N3O2S2/c1-23-12-4-3-11(16(7-12)24-2)9-22(17-20-10-21-25-17)26-13-5-6-14(18)15(19)8-13/h3-8,10H,9H2,1-2H3. The van der Waals surface area contributed by atoms with Gasteiger partial charge in [-0.25, -0.2) is 13.8 Å². The molecule has 0 N–H and O–H groups in total. The van der Waals surface area contributed by atoms with E-state index in [1.807, 2.05) is 16.4 Å². The first-order chi connectivity index (χ1) is 12.6. The molecule has 0 amide bonds. The second kappa shape index (κ2) is 8.33. The lowest BCUT2D eigenvalue weighted by molar-refractivity contribution is 0.391. The predicted octanol–water partition coefficient (Wildman–Crippen LogP) is 4.55. The molecule has 0 bridgehead atoms. The lowest BCUT2D eigenvalue weighted by atomic mass is 10.2. The molecule has 1 aromatic heterocycles. The van der Waals surface area contributed by atoms with E-state index >= 15 is 0 Å². The van der Waals surface area contributed by atoms with Gasteiger partial charge in [0.05, 0.1) is 20.8 Å². The van der Waals surface area contributed by atoms with Crippen molar-refractivity contribution in [3.63, 3.8) is 0 Å². The van der Waals surface area contributed by atoms with Gasteiger partial charge in [-0.05, 0) is 42.3 Å². The van der Waals surface area contributed by atoms with Gasteiger partial charge in [-0.3, -0.25) is 4.31 Å². The zero-order valence-corrected chi connectivity index (χ0v) is 15.6. The predicted molar refractivity (Wildman–Crippen MR) is 97.9 cm³/mol. The number of hydrogen-bond acceptors (Lipinski definition) is 7. The average molecular weight is 395 g/mol. The molecule has 0 unspecified atom stereocenters. The Labute approximate surface area is 157 Å². The van der Waals surface area contributed by atoms with Crippen molar-refractivity contribution < 1.29 is 18.3 Å². The first-order valence-corrected chi connectivity index (χ1v) is 9.03. The fourth-order valence-corrected chi connectivity index (χ4v) is 3.73. The first-order valence-electron chi connectivity index (χ1n) is 7.49. The Bertz CT molecular complexity index is 878. The summed E-state index contributed by atoms with van der Waals surface area (Å²) in [6.45, 7) is 0.423. The van der Waals surface area contributed by atoms with Gasteiger partial charge in [0.2, 0.25) is 5.13 Å². The minimum atomic E-state index is -0.894. The van der Waals surface area contributed by atoms with Crippen LogP contribution in [0, 0.1) is 11.6 Å². The van der Waals surface area contributed by atoms with Crippen LogP contribution in [0.5, 0.6) is 11.5 Å². The molecule has 5 nitrogen and oxygen atoms in total. The fourth-order valence-electron chi connectivity index (χ4n) is 2.21. The monoisotopic (exact) mass is 395 g/mol. The fraction of sp³-hybridized carbons (Fsp3) is 0.176. The van der Waals surface area contributed by atoms with Crippen LogP contribution in [0.1, 0.15) is 5.56 Å². The number of nitrogens with zero attached hydrogens (tertiary/aromatic N) is 3. The number of rotatable bonds is 7. The molecule has 1 heterocycles. The lowest BCUT2D eigenvalue weighted by Gasteiger charge is -2.21. The van der Waals surface area contributed by atoms with Gasteiger partial charge >= 0.3 is 0 Å². The van der Waals surface area contributed by atoms with Crippen LogP contribution in [0.25, 0.3) is 0 Å². The van der Waals surface area contributed by atoms with E-state index in [4.69, 9.17) is 9.47 Å². The van der Waals surface area contributed by atoms with Gasteiger partial charge in [0.25, 0.3) is 0 Å². The van der Waals surface area contributed by atoms with Crippen LogP contribution in [0.15, 0.2) is 47.6 Å². The molecule has 0 fully saturated rings. The maximum atomic E-state index is 13.5. The molecule has 0 atom stereocenters. The summed E-state index contributed by atoms with van der Waals surface area (Å²) >= 11 is 2.45. The van der Waals surface area contributed by atoms with Crippen molar-refractivity contribution in [3.05, 3.63) is 59.9 Å². The van der Waals surface area contributed by atoms with Gasteiger partial charge in [-0.1, -0.05) is 0 Å². The molecule has 0 aliphatic carbocycles. The van der Waals surface area contributed by atoms with Crippen molar-refractivity contribution in [2.24, 2.45) is 0 Å². The first kappa shape index (κ1) is 18.4. The second-order valence-electron chi connectivity index (χ2n) is 5.11. The van der Waals surface area contributed by atoms with E-state index < -0.39 is 11.6 Å². The number of anilines is 1. The van der Waals surface area contributed by atoms with Gasteiger partial charge < -0.3 is 9.47 Å². The van der Waals surface area contributed by atoms with Gasteiger partial charge in [0, 0.05) is 28.1 Å². The highest BCUT2D eigenvalue weighted by Gasteiger charge is 2.17. The van der Waals surface area contributed by atoms with Crippen molar-refractivity contribution in [2.45, 2.75) is 11.4 Å². The van der Waals surface area contributed by atoms with Crippen LogP contribution >= 0.6 is 23.5 Å². The molecule has 136 valence electrons. The van der Waals surface area contributed by atoms with Crippen LogP contribution in [-0.4, -0.2) is 23.6 Å². The summed E-state index contributed by atoms with van der Waals surface area (Å²) in [6, 6.07) is 9.28. The Morgan fingerprint density at radius 1 is 1.08 bits per heavy atom. The summed E-state index contributed by atoms with van der Waals surface area (Å²) in [5, 5.41) is 0.637. The molecule has 0 aliphatic rings. The summed E-state index contributed by atoms with van der Waals surface area (Å²) in [5.74, 6) is -0.436. The minimum absolute atomic E-state index is 0.423. The lowest BCUT2D eigenvalue weighted by Crippen LogP contribution is -2.14. The van der Waals surface area contributed by atoms with E-state index in [1.165, 1.54) is 35.9 Å². The third-order valence-corrected chi connectivity index (χ3v) is 5.27. The van der Waals surface area contributed by atoms with E-state index in [-0.39, 0.29) is 0 Å². The highest BCUT2D eigenvalue weighted by atomic mass is 32.2. The summed E-state index contributed by atoms with van der Waals surface area (Å²) in [7, 11) is 3.16. The maximum Gasteiger partial charge on any atom is 0.215 e. The second-order valence-corrected chi connectivity index (χ2v) is 6.96. The molecule has 3 aromatic rings. The molecule has 0 spiro atoms. The van der Waals surface area contributed by atoms with Gasteiger partial charge in [-0.15, -0.1) is 0 Å². The highest BCUT2D eigenvalue weighted by molar-refractivity contribution is 8.00. The van der Waals surface area contributed by atoms with Gasteiger partial charge in [-0.2, -0.15) is 4.37 Å². The number of methoxy groups -OCH3 is 2. The van der Waals surface area contributed by atoms with Crippen molar-refractivity contribution >= 4 is 28.6 Å². The van der Waals surface area contributed by atoms with Crippen LogP contribution in [-0.2, 0) is 6.54 Å². The van der Waals surface area contributed by atoms with Gasteiger partial charge in [0.15, 0.2) is 11.6 Å². The van der Waals surface area contributed by atoms with Crippen molar-refractivity contribution in [1.82, 2.24) is 9.36 Å². The Morgan fingerprint density at radius 2 is 1.92 bits per heavy atom. The smallest absolute Gasteiger partial charge is 0.215 e. The molecular weight excluding hydrogens is 380 g/mol. The Kier molecular flexibility index (Phi) is 5.89. The molecule has 0 radical (unpaired) electrons. The molecule has 0 saturated carbocycles. The van der Waals surface area contributed by atoms with Crippen molar-refractivity contribution in [3.8, 4) is 11.5 Å². The van der Waals surface area contributed by atoms with E-state index in [0.29, 0.717) is 28.1 Å². The topological polar surface area (TPSA) is 47.5 Å². The molecule has 9 heteroatoms. The molecule has 3 rings (SSSR count).